The standard InChI is InChI=1S/C14H16FNO3/c15-10-1-2-11(14(3-4-14)13(17)18)12(9-10)16-5-7-19-8-6-16/h1-2,9H,3-8H2,(H,17,18). The first kappa shape index (κ1) is 12.4. The highest BCUT2D eigenvalue weighted by molar-refractivity contribution is 5.87. The molecule has 19 heavy (non-hydrogen) atoms. The maximum atomic E-state index is 13.5. The molecule has 1 aliphatic heterocycles. The van der Waals surface area contributed by atoms with E-state index in [9.17, 15) is 14.3 Å². The fourth-order valence-corrected chi connectivity index (χ4v) is 2.70. The molecular formula is C14H16FNO3. The van der Waals surface area contributed by atoms with Crippen molar-refractivity contribution in [1.82, 2.24) is 0 Å². The third kappa shape index (κ3) is 2.08. The first-order valence-electron chi connectivity index (χ1n) is 6.50. The second-order valence-corrected chi connectivity index (χ2v) is 5.15. The van der Waals surface area contributed by atoms with Crippen LogP contribution in [0.4, 0.5) is 10.1 Å². The molecule has 0 spiro atoms. The molecular weight excluding hydrogens is 249 g/mol. The molecule has 1 heterocycles. The predicted octanol–water partition coefficient (Wildman–Crippen LogP) is 1.78. The smallest absolute Gasteiger partial charge is 0.314 e. The molecule has 102 valence electrons. The lowest BCUT2D eigenvalue weighted by atomic mass is 9.93. The Hall–Kier alpha value is -1.62. The molecule has 1 N–H and O–H groups in total. The summed E-state index contributed by atoms with van der Waals surface area (Å²) in [5, 5.41) is 9.41. The van der Waals surface area contributed by atoms with E-state index in [-0.39, 0.29) is 5.82 Å². The minimum absolute atomic E-state index is 0.327. The van der Waals surface area contributed by atoms with Gasteiger partial charge in [-0.2, -0.15) is 0 Å². The second kappa shape index (κ2) is 4.49. The summed E-state index contributed by atoms with van der Waals surface area (Å²) in [5.41, 5.74) is 0.646. The zero-order valence-corrected chi connectivity index (χ0v) is 10.6. The van der Waals surface area contributed by atoms with Crippen molar-refractivity contribution in [3.8, 4) is 0 Å². The molecule has 3 rings (SSSR count). The maximum absolute atomic E-state index is 13.5. The number of rotatable bonds is 3. The number of carboxylic acids is 1. The number of hydrogen-bond acceptors (Lipinski definition) is 3. The lowest BCUT2D eigenvalue weighted by Crippen LogP contribution is -2.38. The van der Waals surface area contributed by atoms with Crippen molar-refractivity contribution in [3.05, 3.63) is 29.6 Å². The van der Waals surface area contributed by atoms with Crippen molar-refractivity contribution in [1.29, 1.82) is 0 Å². The van der Waals surface area contributed by atoms with Gasteiger partial charge in [-0.25, -0.2) is 4.39 Å². The van der Waals surface area contributed by atoms with Gasteiger partial charge in [0.05, 0.1) is 18.6 Å². The summed E-state index contributed by atoms with van der Waals surface area (Å²) in [4.78, 5) is 13.5. The van der Waals surface area contributed by atoms with Crippen LogP contribution in [0, 0.1) is 5.82 Å². The highest BCUT2D eigenvalue weighted by atomic mass is 19.1. The topological polar surface area (TPSA) is 49.8 Å². The van der Waals surface area contributed by atoms with Crippen molar-refractivity contribution >= 4 is 11.7 Å². The minimum atomic E-state index is -0.811. The van der Waals surface area contributed by atoms with Gasteiger partial charge in [-0.3, -0.25) is 4.79 Å². The van der Waals surface area contributed by atoms with Gasteiger partial charge in [0.1, 0.15) is 5.82 Å². The molecule has 0 unspecified atom stereocenters. The van der Waals surface area contributed by atoms with Gasteiger partial charge in [-0.1, -0.05) is 6.07 Å². The van der Waals surface area contributed by atoms with Crippen molar-refractivity contribution in [3.63, 3.8) is 0 Å². The Morgan fingerprint density at radius 1 is 1.32 bits per heavy atom. The van der Waals surface area contributed by atoms with Crippen LogP contribution in [0.25, 0.3) is 0 Å². The fraction of sp³-hybridized carbons (Fsp3) is 0.500. The van der Waals surface area contributed by atoms with Crippen LogP contribution < -0.4 is 4.90 Å². The molecule has 2 fully saturated rings. The number of carboxylic acid groups (broad SMARTS) is 1. The molecule has 2 aliphatic rings. The number of carbonyl (C=O) groups is 1. The first-order valence-corrected chi connectivity index (χ1v) is 6.50. The Morgan fingerprint density at radius 2 is 2.00 bits per heavy atom. The number of benzene rings is 1. The molecule has 1 saturated carbocycles. The third-order valence-corrected chi connectivity index (χ3v) is 3.99. The normalized spacial score (nSPS) is 21.2. The van der Waals surface area contributed by atoms with E-state index in [0.29, 0.717) is 44.8 Å². The summed E-state index contributed by atoms with van der Waals surface area (Å²) in [6, 6.07) is 4.42. The van der Waals surface area contributed by atoms with Gasteiger partial charge in [0.25, 0.3) is 0 Å². The lowest BCUT2D eigenvalue weighted by molar-refractivity contribution is -0.140. The zero-order valence-electron chi connectivity index (χ0n) is 10.6. The summed E-state index contributed by atoms with van der Waals surface area (Å²) in [5.74, 6) is -1.14. The van der Waals surface area contributed by atoms with Crippen LogP contribution in [0.1, 0.15) is 18.4 Å². The van der Waals surface area contributed by atoms with E-state index in [1.165, 1.54) is 12.1 Å². The Labute approximate surface area is 110 Å². The van der Waals surface area contributed by atoms with Gasteiger partial charge in [0.2, 0.25) is 0 Å². The summed E-state index contributed by atoms with van der Waals surface area (Å²) >= 11 is 0. The van der Waals surface area contributed by atoms with E-state index in [2.05, 4.69) is 0 Å². The Bertz CT molecular complexity index is 507. The molecule has 1 aliphatic carbocycles. The van der Waals surface area contributed by atoms with Crippen LogP contribution in [0.3, 0.4) is 0 Å². The Balaban J connectivity index is 2.02. The number of nitrogens with zero attached hydrogens (tertiary/aromatic N) is 1. The lowest BCUT2D eigenvalue weighted by Gasteiger charge is -2.32. The maximum Gasteiger partial charge on any atom is 0.314 e. The number of morpholine rings is 1. The number of aliphatic carboxylic acids is 1. The van der Waals surface area contributed by atoms with E-state index in [0.717, 1.165) is 5.56 Å². The Kier molecular flexibility index (Phi) is 2.93. The number of halogens is 1. The number of anilines is 1. The average molecular weight is 265 g/mol. The van der Waals surface area contributed by atoms with Gasteiger partial charge >= 0.3 is 5.97 Å². The summed E-state index contributed by atoms with van der Waals surface area (Å²) in [7, 11) is 0. The van der Waals surface area contributed by atoms with Gasteiger partial charge < -0.3 is 14.7 Å². The molecule has 0 amide bonds. The monoisotopic (exact) mass is 265 g/mol. The molecule has 0 radical (unpaired) electrons. The van der Waals surface area contributed by atoms with E-state index in [1.54, 1.807) is 6.07 Å². The fourth-order valence-electron chi connectivity index (χ4n) is 2.70. The van der Waals surface area contributed by atoms with Crippen LogP contribution >= 0.6 is 0 Å². The van der Waals surface area contributed by atoms with Crippen LogP contribution in [0.5, 0.6) is 0 Å². The Morgan fingerprint density at radius 3 is 2.58 bits per heavy atom. The minimum Gasteiger partial charge on any atom is -0.481 e. The summed E-state index contributed by atoms with van der Waals surface area (Å²) in [6.45, 7) is 2.53. The van der Waals surface area contributed by atoms with Crippen molar-refractivity contribution in [2.24, 2.45) is 0 Å². The highest BCUT2D eigenvalue weighted by Gasteiger charge is 2.53. The molecule has 1 aromatic carbocycles. The zero-order chi connectivity index (χ0) is 13.5. The molecule has 0 bridgehead atoms. The van der Waals surface area contributed by atoms with E-state index < -0.39 is 11.4 Å². The van der Waals surface area contributed by atoms with E-state index in [4.69, 9.17) is 4.74 Å². The molecule has 1 aromatic rings. The van der Waals surface area contributed by atoms with E-state index in [1.807, 2.05) is 4.90 Å². The molecule has 5 heteroatoms. The quantitative estimate of drug-likeness (QED) is 0.905. The average Bonchev–Trinajstić information content (AvgIpc) is 3.21. The largest absolute Gasteiger partial charge is 0.481 e. The third-order valence-electron chi connectivity index (χ3n) is 3.99. The van der Waals surface area contributed by atoms with E-state index >= 15 is 0 Å². The molecule has 0 aromatic heterocycles. The molecule has 0 atom stereocenters. The summed E-state index contributed by atoms with van der Waals surface area (Å²) < 4.78 is 18.8. The van der Waals surface area contributed by atoms with Crippen LogP contribution in [0.15, 0.2) is 18.2 Å². The number of ether oxygens (including phenoxy) is 1. The molecule has 4 nitrogen and oxygen atoms in total. The van der Waals surface area contributed by atoms with Gasteiger partial charge in [0, 0.05) is 18.8 Å². The number of hydrogen-bond donors (Lipinski definition) is 1. The molecule has 1 saturated heterocycles. The SMILES string of the molecule is O=C(O)C1(c2ccc(F)cc2N2CCOCC2)CC1. The predicted molar refractivity (Wildman–Crippen MR) is 68.0 cm³/mol. The van der Waals surface area contributed by atoms with Gasteiger partial charge in [0.15, 0.2) is 0 Å². The summed E-state index contributed by atoms with van der Waals surface area (Å²) in [6.07, 6.45) is 1.26. The van der Waals surface area contributed by atoms with Crippen molar-refractivity contribution in [2.75, 3.05) is 31.2 Å². The van der Waals surface area contributed by atoms with Gasteiger partial charge in [-0.05, 0) is 30.5 Å². The van der Waals surface area contributed by atoms with Crippen LogP contribution in [-0.4, -0.2) is 37.4 Å². The first-order chi connectivity index (χ1) is 9.13. The van der Waals surface area contributed by atoms with Crippen LogP contribution in [0.2, 0.25) is 0 Å². The van der Waals surface area contributed by atoms with Crippen molar-refractivity contribution < 1.29 is 19.0 Å². The van der Waals surface area contributed by atoms with Gasteiger partial charge in [-0.15, -0.1) is 0 Å². The van der Waals surface area contributed by atoms with Crippen molar-refractivity contribution in [2.45, 2.75) is 18.3 Å². The van der Waals surface area contributed by atoms with Crippen LogP contribution in [-0.2, 0) is 14.9 Å². The second-order valence-electron chi connectivity index (χ2n) is 5.15. The highest BCUT2D eigenvalue weighted by Crippen LogP contribution is 2.51.